The Hall–Kier alpha value is -3.25. The number of aliphatic hydroxyl groups excluding tert-OH is 1. The molecule has 6 heteroatoms. The number of likely N-dealkylation sites (N-methyl/N-ethyl adjacent to an activating group) is 1. The van der Waals surface area contributed by atoms with Crippen molar-refractivity contribution in [2.75, 3.05) is 14.1 Å². The van der Waals surface area contributed by atoms with Gasteiger partial charge in [0.1, 0.15) is 11.3 Å². The number of carbonyl (C=O) groups is 2. The molecule has 1 aliphatic rings. The van der Waals surface area contributed by atoms with Crippen LogP contribution in [0.25, 0.3) is 5.76 Å². The van der Waals surface area contributed by atoms with Crippen molar-refractivity contribution in [2.45, 2.75) is 6.92 Å². The van der Waals surface area contributed by atoms with Crippen LogP contribution in [-0.2, 0) is 4.79 Å². The zero-order valence-corrected chi connectivity index (χ0v) is 14.9. The van der Waals surface area contributed by atoms with Crippen LogP contribution in [0.3, 0.4) is 0 Å². The maximum Gasteiger partial charge on any atom is 0.355 e. The molecule has 0 aliphatic carbocycles. The first-order chi connectivity index (χ1) is 12.3. The van der Waals surface area contributed by atoms with Gasteiger partial charge in [0.25, 0.3) is 5.91 Å². The van der Waals surface area contributed by atoms with Crippen LogP contribution in [0.1, 0.15) is 21.5 Å². The Kier molecular flexibility index (Phi) is 4.44. The Morgan fingerprint density at radius 2 is 1.85 bits per heavy atom. The van der Waals surface area contributed by atoms with Crippen molar-refractivity contribution in [3.63, 3.8) is 0 Å². The van der Waals surface area contributed by atoms with E-state index in [0.29, 0.717) is 16.8 Å². The summed E-state index contributed by atoms with van der Waals surface area (Å²) < 4.78 is -0.0480. The monoisotopic (exact) mass is 350 g/mol. The van der Waals surface area contributed by atoms with Gasteiger partial charge in [-0.2, -0.15) is 5.10 Å². The molecule has 0 fully saturated rings. The third-order valence-corrected chi connectivity index (χ3v) is 4.40. The van der Waals surface area contributed by atoms with Gasteiger partial charge < -0.3 is 5.11 Å². The Morgan fingerprint density at radius 1 is 1.15 bits per heavy atom. The summed E-state index contributed by atoms with van der Waals surface area (Å²) in [5.41, 5.74) is 5.16. The molecule has 0 bridgehead atoms. The number of aryl methyl sites for hydroxylation is 1. The number of rotatable bonds is 3. The van der Waals surface area contributed by atoms with E-state index in [-0.39, 0.29) is 21.7 Å². The average molecular weight is 350 g/mol. The van der Waals surface area contributed by atoms with Crippen LogP contribution in [0.4, 0.5) is 5.69 Å². The third-order valence-electron chi connectivity index (χ3n) is 4.40. The largest absolute Gasteiger partial charge is 0.506 e. The van der Waals surface area contributed by atoms with E-state index < -0.39 is 5.91 Å². The molecule has 2 aromatic carbocycles. The van der Waals surface area contributed by atoms with Crippen molar-refractivity contribution >= 4 is 29.5 Å². The van der Waals surface area contributed by atoms with E-state index in [1.54, 1.807) is 38.4 Å². The molecule has 0 saturated carbocycles. The highest BCUT2D eigenvalue weighted by Crippen LogP contribution is 2.37. The van der Waals surface area contributed by atoms with Gasteiger partial charge in [-0.3, -0.25) is 4.79 Å². The van der Waals surface area contributed by atoms with Crippen molar-refractivity contribution < 1.29 is 14.7 Å². The minimum absolute atomic E-state index is 0.0480. The molecular formula is C20H20N3O3+. The van der Waals surface area contributed by atoms with Crippen LogP contribution in [0.5, 0.6) is 0 Å². The quantitative estimate of drug-likeness (QED) is 0.507. The van der Waals surface area contributed by atoms with Crippen molar-refractivity contribution in [2.24, 2.45) is 5.10 Å². The van der Waals surface area contributed by atoms with Gasteiger partial charge in [0.05, 0.1) is 25.9 Å². The smallest absolute Gasteiger partial charge is 0.355 e. The van der Waals surface area contributed by atoms with E-state index in [0.717, 1.165) is 5.56 Å². The molecular weight excluding hydrogens is 330 g/mol. The number of fused-ring (bicyclic) bond motifs is 1. The average Bonchev–Trinajstić information content (AvgIpc) is 2.63. The van der Waals surface area contributed by atoms with Crippen LogP contribution in [0.2, 0.25) is 0 Å². The summed E-state index contributed by atoms with van der Waals surface area (Å²) in [6.45, 7) is 1.91. The van der Waals surface area contributed by atoms with Gasteiger partial charge >= 0.3 is 5.91 Å². The highest BCUT2D eigenvalue weighted by molar-refractivity contribution is 6.23. The van der Waals surface area contributed by atoms with E-state index in [2.05, 4.69) is 10.5 Å². The molecule has 2 aromatic rings. The van der Waals surface area contributed by atoms with E-state index in [1.807, 2.05) is 31.2 Å². The SMILES string of the molecule is Cc1ccc2c(c1)C(O)=C(C=NNC(=O)c1ccccc1)C(=O)[N+]2(C)C. The van der Waals surface area contributed by atoms with Gasteiger partial charge in [0.2, 0.25) is 0 Å². The lowest BCUT2D eigenvalue weighted by atomic mass is 9.97. The molecule has 132 valence electrons. The first kappa shape index (κ1) is 17.6. The number of aliphatic hydroxyl groups is 1. The Morgan fingerprint density at radius 3 is 2.54 bits per heavy atom. The second-order valence-corrected chi connectivity index (χ2v) is 6.61. The van der Waals surface area contributed by atoms with E-state index in [4.69, 9.17) is 0 Å². The topological polar surface area (TPSA) is 78.8 Å². The molecule has 0 unspecified atom stereocenters. The number of nitrogens with one attached hydrogen (secondary N) is 1. The number of hydrogen-bond acceptors (Lipinski definition) is 4. The number of quaternary nitrogens is 1. The molecule has 6 nitrogen and oxygen atoms in total. The van der Waals surface area contributed by atoms with Gasteiger partial charge in [0, 0.05) is 11.6 Å². The number of amides is 2. The Bertz CT molecular complexity index is 944. The Balaban J connectivity index is 1.92. The molecule has 0 saturated heterocycles. The maximum atomic E-state index is 12.8. The second kappa shape index (κ2) is 6.57. The first-order valence-electron chi connectivity index (χ1n) is 8.14. The summed E-state index contributed by atoms with van der Waals surface area (Å²) in [5, 5.41) is 14.4. The molecule has 0 radical (unpaired) electrons. The highest BCUT2D eigenvalue weighted by atomic mass is 16.3. The highest BCUT2D eigenvalue weighted by Gasteiger charge is 2.41. The van der Waals surface area contributed by atoms with Gasteiger partial charge in [-0.05, 0) is 30.7 Å². The predicted molar refractivity (Wildman–Crippen MR) is 102 cm³/mol. The van der Waals surface area contributed by atoms with Gasteiger partial charge in [-0.15, -0.1) is 0 Å². The van der Waals surface area contributed by atoms with Gasteiger partial charge in [-0.25, -0.2) is 14.7 Å². The molecule has 0 aromatic heterocycles. The fraction of sp³-hybridized carbons (Fsp3) is 0.150. The molecule has 26 heavy (non-hydrogen) atoms. The molecule has 3 rings (SSSR count). The van der Waals surface area contributed by atoms with Crippen LogP contribution < -0.4 is 9.91 Å². The summed E-state index contributed by atoms with van der Waals surface area (Å²) in [5.74, 6) is -0.837. The number of carbonyl (C=O) groups excluding carboxylic acids is 2. The number of hydrazone groups is 1. The standard InChI is InChI=1S/C20H19N3O3/c1-13-9-10-17-15(11-13)18(24)16(20(26)23(17,2)3)12-21-22-19(25)14-7-5-4-6-8-14/h4-12H,1-3H3,(H-,21,22,24,25,26)/p+1. The normalized spacial score (nSPS) is 15.9. The minimum Gasteiger partial charge on any atom is -0.506 e. The molecule has 1 aliphatic heterocycles. The van der Waals surface area contributed by atoms with Crippen molar-refractivity contribution in [3.8, 4) is 0 Å². The number of benzene rings is 2. The summed E-state index contributed by atoms with van der Waals surface area (Å²) in [6.07, 6.45) is 1.20. The Labute approximate surface area is 151 Å². The molecule has 1 heterocycles. The van der Waals surface area contributed by atoms with E-state index >= 15 is 0 Å². The van der Waals surface area contributed by atoms with Crippen LogP contribution in [-0.4, -0.2) is 37.2 Å². The fourth-order valence-corrected chi connectivity index (χ4v) is 2.91. The van der Waals surface area contributed by atoms with Crippen LogP contribution >= 0.6 is 0 Å². The van der Waals surface area contributed by atoms with Gasteiger partial charge in [0.15, 0.2) is 5.69 Å². The van der Waals surface area contributed by atoms with Gasteiger partial charge in [-0.1, -0.05) is 24.3 Å². The lowest BCUT2D eigenvalue weighted by molar-refractivity contribution is -0.123. The van der Waals surface area contributed by atoms with Crippen molar-refractivity contribution in [1.29, 1.82) is 0 Å². The zero-order valence-electron chi connectivity index (χ0n) is 14.9. The summed E-state index contributed by atoms with van der Waals surface area (Å²) in [4.78, 5) is 24.8. The lowest BCUT2D eigenvalue weighted by Crippen LogP contribution is -2.50. The summed E-state index contributed by atoms with van der Waals surface area (Å²) in [6, 6.07) is 14.2. The van der Waals surface area contributed by atoms with E-state index in [1.165, 1.54) is 6.21 Å². The van der Waals surface area contributed by atoms with Crippen molar-refractivity contribution in [3.05, 3.63) is 70.8 Å². The third kappa shape index (κ3) is 3.02. The fourth-order valence-electron chi connectivity index (χ4n) is 2.91. The summed E-state index contributed by atoms with van der Waals surface area (Å²) >= 11 is 0. The van der Waals surface area contributed by atoms with Crippen LogP contribution in [0, 0.1) is 6.92 Å². The van der Waals surface area contributed by atoms with E-state index in [9.17, 15) is 14.7 Å². The molecule has 2 amide bonds. The second-order valence-electron chi connectivity index (χ2n) is 6.61. The van der Waals surface area contributed by atoms with Crippen LogP contribution in [0.15, 0.2) is 59.2 Å². The molecule has 0 atom stereocenters. The molecule has 2 N–H and O–H groups in total. The number of nitrogens with zero attached hydrogens (tertiary/aromatic N) is 2. The first-order valence-corrected chi connectivity index (χ1v) is 8.14. The minimum atomic E-state index is -0.393. The summed E-state index contributed by atoms with van der Waals surface area (Å²) in [7, 11) is 3.50. The lowest BCUT2D eigenvalue weighted by Gasteiger charge is -2.32. The zero-order chi connectivity index (χ0) is 18.9. The maximum absolute atomic E-state index is 12.8. The predicted octanol–water partition coefficient (Wildman–Crippen LogP) is 2.79. The molecule has 0 spiro atoms. The van der Waals surface area contributed by atoms with Crippen molar-refractivity contribution in [1.82, 2.24) is 9.91 Å². The number of hydrogen-bond donors (Lipinski definition) is 2.